The minimum atomic E-state index is 0.266. The molecule has 3 heterocycles. The Morgan fingerprint density at radius 3 is 2.69 bits per heavy atom. The van der Waals surface area contributed by atoms with Gasteiger partial charge in [0.2, 0.25) is 5.95 Å². The van der Waals surface area contributed by atoms with Crippen LogP contribution in [0.25, 0.3) is 11.2 Å². The van der Waals surface area contributed by atoms with E-state index in [0.29, 0.717) is 29.8 Å². The van der Waals surface area contributed by atoms with Crippen LogP contribution in [-0.4, -0.2) is 36.6 Å². The van der Waals surface area contributed by atoms with Crippen LogP contribution in [0.5, 0.6) is 5.75 Å². The Bertz CT molecular complexity index is 999. The minimum absolute atomic E-state index is 0.266. The number of phenols is 1. The number of nitrogens with one attached hydrogen (secondary N) is 3. The molecule has 0 amide bonds. The van der Waals surface area contributed by atoms with E-state index in [1.54, 1.807) is 24.7 Å². The molecule has 4 rings (SSSR count). The number of pyridine rings is 1. The monoisotopic (exact) mass is 347 g/mol. The number of phenolic OH excluding ortho intramolecular Hbond substituents is 1. The molecule has 26 heavy (non-hydrogen) atoms. The fourth-order valence-corrected chi connectivity index (χ4v) is 2.56. The van der Waals surface area contributed by atoms with Crippen LogP contribution in [0, 0.1) is 0 Å². The lowest BCUT2D eigenvalue weighted by Gasteiger charge is -2.09. The van der Waals surface area contributed by atoms with Crippen molar-refractivity contribution in [3.05, 3.63) is 60.6 Å². The number of benzene rings is 1. The average molecular weight is 347 g/mol. The normalized spacial score (nSPS) is 10.8. The number of aromatic nitrogens is 5. The molecule has 4 aromatic rings. The molecule has 8 heteroatoms. The third-order valence-electron chi connectivity index (χ3n) is 3.83. The van der Waals surface area contributed by atoms with E-state index in [1.807, 2.05) is 30.3 Å². The van der Waals surface area contributed by atoms with E-state index >= 15 is 0 Å². The van der Waals surface area contributed by atoms with Gasteiger partial charge < -0.3 is 20.7 Å². The molecule has 0 radical (unpaired) electrons. The predicted molar refractivity (Wildman–Crippen MR) is 99.5 cm³/mol. The van der Waals surface area contributed by atoms with Crippen molar-refractivity contribution in [3.63, 3.8) is 0 Å². The highest BCUT2D eigenvalue weighted by Gasteiger charge is 2.10. The molecule has 4 N–H and O–H groups in total. The summed E-state index contributed by atoms with van der Waals surface area (Å²) in [6.07, 6.45) is 4.09. The molecule has 0 atom stereocenters. The first kappa shape index (κ1) is 15.8. The Morgan fingerprint density at radius 2 is 1.88 bits per heavy atom. The van der Waals surface area contributed by atoms with Crippen LogP contribution in [0.15, 0.2) is 55.0 Å². The highest BCUT2D eigenvalue weighted by molar-refractivity contribution is 5.84. The van der Waals surface area contributed by atoms with Crippen LogP contribution >= 0.6 is 0 Å². The summed E-state index contributed by atoms with van der Waals surface area (Å²) in [5.41, 5.74) is 2.45. The van der Waals surface area contributed by atoms with Crippen LogP contribution in [0.2, 0.25) is 0 Å². The molecule has 0 saturated heterocycles. The first-order valence-electron chi connectivity index (χ1n) is 8.19. The largest absolute Gasteiger partial charge is 0.508 e. The number of hydrogen-bond donors (Lipinski definition) is 4. The summed E-state index contributed by atoms with van der Waals surface area (Å²) in [7, 11) is 0. The summed E-state index contributed by atoms with van der Waals surface area (Å²) < 4.78 is 0. The molecule has 0 bridgehead atoms. The smallest absolute Gasteiger partial charge is 0.232 e. The fourth-order valence-electron chi connectivity index (χ4n) is 2.56. The molecule has 8 nitrogen and oxygen atoms in total. The third kappa shape index (κ3) is 3.54. The molecule has 3 aromatic heterocycles. The van der Waals surface area contributed by atoms with E-state index in [0.717, 1.165) is 17.5 Å². The molecule has 0 saturated carbocycles. The Labute approximate surface area is 149 Å². The van der Waals surface area contributed by atoms with Crippen LogP contribution in [0.1, 0.15) is 5.56 Å². The second kappa shape index (κ2) is 7.06. The van der Waals surface area contributed by atoms with Gasteiger partial charge in [-0.15, -0.1) is 0 Å². The van der Waals surface area contributed by atoms with E-state index < -0.39 is 0 Å². The van der Waals surface area contributed by atoms with E-state index in [1.165, 1.54) is 0 Å². The lowest BCUT2D eigenvalue weighted by Crippen LogP contribution is -2.09. The van der Waals surface area contributed by atoms with Crippen molar-refractivity contribution in [2.45, 2.75) is 6.42 Å². The minimum Gasteiger partial charge on any atom is -0.508 e. The average Bonchev–Trinajstić information content (AvgIpc) is 3.13. The predicted octanol–water partition coefficient (Wildman–Crippen LogP) is 2.85. The third-order valence-corrected chi connectivity index (χ3v) is 3.83. The van der Waals surface area contributed by atoms with Gasteiger partial charge >= 0.3 is 0 Å². The van der Waals surface area contributed by atoms with Gasteiger partial charge in [-0.05, 0) is 36.2 Å². The molecular formula is C18H17N7O. The zero-order valence-corrected chi connectivity index (χ0v) is 13.8. The van der Waals surface area contributed by atoms with Gasteiger partial charge in [0, 0.05) is 12.7 Å². The summed E-state index contributed by atoms with van der Waals surface area (Å²) in [4.78, 5) is 20.4. The SMILES string of the molecule is Oc1ccc(CCNc2nc(Nc3ccccn3)nc3nc[nH]c23)cc1. The lowest BCUT2D eigenvalue weighted by molar-refractivity contribution is 0.475. The van der Waals surface area contributed by atoms with Crippen LogP contribution < -0.4 is 10.6 Å². The number of anilines is 3. The van der Waals surface area contributed by atoms with Crippen molar-refractivity contribution in [3.8, 4) is 5.75 Å². The standard InChI is InChI=1S/C18H17N7O/c26-13-6-4-12(5-7-13)8-10-20-16-15-17(22-11-21-15)25-18(24-16)23-14-3-1-2-9-19-14/h1-7,9,11,26H,8,10H2,(H3,19,20,21,22,23,24,25). The molecule has 0 aliphatic rings. The van der Waals surface area contributed by atoms with Crippen molar-refractivity contribution in [1.82, 2.24) is 24.9 Å². The number of imidazole rings is 1. The number of hydrogen-bond acceptors (Lipinski definition) is 7. The molecule has 0 fully saturated rings. The van der Waals surface area contributed by atoms with Gasteiger partial charge in [0.05, 0.1) is 6.33 Å². The van der Waals surface area contributed by atoms with Crippen molar-refractivity contribution in [2.75, 3.05) is 17.2 Å². The van der Waals surface area contributed by atoms with Gasteiger partial charge in [-0.1, -0.05) is 18.2 Å². The molecule has 0 spiro atoms. The second-order valence-corrected chi connectivity index (χ2v) is 5.68. The first-order valence-corrected chi connectivity index (χ1v) is 8.19. The van der Waals surface area contributed by atoms with Crippen molar-refractivity contribution in [1.29, 1.82) is 0 Å². The number of aromatic amines is 1. The van der Waals surface area contributed by atoms with E-state index in [2.05, 4.69) is 35.6 Å². The van der Waals surface area contributed by atoms with E-state index in [-0.39, 0.29) is 5.75 Å². The van der Waals surface area contributed by atoms with E-state index in [9.17, 15) is 5.11 Å². The van der Waals surface area contributed by atoms with E-state index in [4.69, 9.17) is 0 Å². The van der Waals surface area contributed by atoms with Gasteiger partial charge in [0.25, 0.3) is 0 Å². The summed E-state index contributed by atoms with van der Waals surface area (Å²) in [6, 6.07) is 12.7. The van der Waals surface area contributed by atoms with Crippen LogP contribution in [-0.2, 0) is 6.42 Å². The summed E-state index contributed by atoms with van der Waals surface area (Å²) in [5, 5.41) is 15.8. The molecule has 0 aliphatic carbocycles. The van der Waals surface area contributed by atoms with Crippen molar-refractivity contribution in [2.24, 2.45) is 0 Å². The highest BCUT2D eigenvalue weighted by Crippen LogP contribution is 2.20. The van der Waals surface area contributed by atoms with Gasteiger partial charge in [-0.2, -0.15) is 9.97 Å². The van der Waals surface area contributed by atoms with Gasteiger partial charge in [-0.3, -0.25) is 0 Å². The number of rotatable bonds is 6. The zero-order valence-electron chi connectivity index (χ0n) is 13.8. The maximum atomic E-state index is 9.35. The van der Waals surface area contributed by atoms with Crippen LogP contribution in [0.3, 0.4) is 0 Å². The van der Waals surface area contributed by atoms with Gasteiger partial charge in [0.1, 0.15) is 17.1 Å². The molecule has 1 aromatic carbocycles. The quantitative estimate of drug-likeness (QED) is 0.424. The number of aromatic hydroxyl groups is 1. The topological polar surface area (TPSA) is 112 Å². The Morgan fingerprint density at radius 1 is 1.00 bits per heavy atom. The van der Waals surface area contributed by atoms with Crippen molar-refractivity contribution < 1.29 is 5.11 Å². The lowest BCUT2D eigenvalue weighted by atomic mass is 10.1. The molecule has 0 unspecified atom stereocenters. The maximum absolute atomic E-state index is 9.35. The van der Waals surface area contributed by atoms with Crippen LogP contribution in [0.4, 0.5) is 17.6 Å². The molecule has 130 valence electrons. The van der Waals surface area contributed by atoms with Gasteiger partial charge in [0.15, 0.2) is 11.5 Å². The Hall–Kier alpha value is -3.68. The first-order chi connectivity index (χ1) is 12.8. The van der Waals surface area contributed by atoms with Gasteiger partial charge in [-0.25, -0.2) is 9.97 Å². The highest BCUT2D eigenvalue weighted by atomic mass is 16.3. The number of nitrogens with zero attached hydrogens (tertiary/aromatic N) is 4. The van der Waals surface area contributed by atoms with Crippen molar-refractivity contribution >= 4 is 28.7 Å². The molecule has 0 aliphatic heterocycles. The fraction of sp³-hybridized carbons (Fsp3) is 0.111. The molecular weight excluding hydrogens is 330 g/mol. The number of fused-ring (bicyclic) bond motifs is 1. The summed E-state index contributed by atoms with van der Waals surface area (Å²) in [5.74, 6) is 2.03. The maximum Gasteiger partial charge on any atom is 0.232 e. The summed E-state index contributed by atoms with van der Waals surface area (Å²) >= 11 is 0. The Kier molecular flexibility index (Phi) is 4.29. The Balaban J connectivity index is 1.51. The second-order valence-electron chi connectivity index (χ2n) is 5.68. The summed E-state index contributed by atoms with van der Waals surface area (Å²) in [6.45, 7) is 0.679. The number of H-pyrrole nitrogens is 1. The zero-order chi connectivity index (χ0) is 17.8.